The van der Waals surface area contributed by atoms with Crippen molar-refractivity contribution < 1.29 is 14.3 Å². The van der Waals surface area contributed by atoms with Crippen LogP contribution in [0.25, 0.3) is 11.3 Å². The number of aromatic nitrogens is 3. The van der Waals surface area contributed by atoms with E-state index in [1.54, 1.807) is 37.5 Å². The maximum Gasteiger partial charge on any atom is 0.329 e. The zero-order valence-corrected chi connectivity index (χ0v) is 16.8. The molecule has 1 N–H and O–H groups in total. The summed E-state index contributed by atoms with van der Waals surface area (Å²) in [6.07, 6.45) is 4.53. The van der Waals surface area contributed by atoms with Crippen LogP contribution in [-0.4, -0.2) is 38.3 Å². The van der Waals surface area contributed by atoms with Gasteiger partial charge in [-0.3, -0.25) is 25.0 Å². The van der Waals surface area contributed by atoms with Crippen molar-refractivity contribution in [3.8, 4) is 22.8 Å². The van der Waals surface area contributed by atoms with Crippen molar-refractivity contribution >= 4 is 17.8 Å². The molecule has 0 unspecified atom stereocenters. The van der Waals surface area contributed by atoms with Gasteiger partial charge in [0.2, 0.25) is 5.91 Å². The molecule has 3 aromatic rings. The molecule has 1 aliphatic heterocycles. The first-order valence-corrected chi connectivity index (χ1v) is 9.65. The number of pyridine rings is 3. The molecule has 3 aromatic heterocycles. The molecule has 3 amide bonds. The van der Waals surface area contributed by atoms with Crippen LogP contribution in [-0.2, 0) is 4.79 Å². The molecule has 30 heavy (non-hydrogen) atoms. The normalized spacial score (nSPS) is 13.4. The number of urea groups is 1. The highest BCUT2D eigenvalue weighted by Crippen LogP contribution is 2.28. The number of hydrogen-bond acceptors (Lipinski definition) is 6. The molecule has 1 aliphatic rings. The van der Waals surface area contributed by atoms with Gasteiger partial charge in [0.25, 0.3) is 0 Å². The van der Waals surface area contributed by atoms with Gasteiger partial charge in [-0.1, -0.05) is 0 Å². The number of carbonyl (C=O) groups excluding carboxylic acids is 2. The van der Waals surface area contributed by atoms with Crippen LogP contribution >= 0.6 is 0 Å². The van der Waals surface area contributed by atoms with Crippen molar-refractivity contribution in [2.24, 2.45) is 0 Å². The number of amides is 3. The predicted octanol–water partition coefficient (Wildman–Crippen LogP) is 4.10. The molecule has 1 fully saturated rings. The lowest BCUT2D eigenvalue weighted by molar-refractivity contribution is -0.125. The van der Waals surface area contributed by atoms with E-state index in [9.17, 15) is 9.59 Å². The summed E-state index contributed by atoms with van der Waals surface area (Å²) < 4.78 is 5.98. The standard InChI is InChI=1S/C22H21N5O3/c1-14-12-16(7-9-23-14)18-13-17(8-10-24-18)30-19-5-6-20(25-15(19)2)26-22(29)27-11-3-4-21(27)28/h5-10,12-13H,3-4,11H2,1-2H3,(H,25,26,29). The molecule has 0 saturated carbocycles. The van der Waals surface area contributed by atoms with Crippen molar-refractivity contribution in [1.82, 2.24) is 19.9 Å². The molecule has 1 saturated heterocycles. The van der Waals surface area contributed by atoms with E-state index in [0.717, 1.165) is 17.0 Å². The molecule has 0 spiro atoms. The smallest absolute Gasteiger partial charge is 0.329 e. The maximum absolute atomic E-state index is 12.2. The molecular formula is C22H21N5O3. The summed E-state index contributed by atoms with van der Waals surface area (Å²) in [5, 5.41) is 2.67. The Morgan fingerprint density at radius 2 is 1.93 bits per heavy atom. The Hall–Kier alpha value is -3.81. The number of aryl methyl sites for hydroxylation is 2. The molecule has 0 radical (unpaired) electrons. The van der Waals surface area contributed by atoms with Gasteiger partial charge in [-0.15, -0.1) is 0 Å². The van der Waals surface area contributed by atoms with Crippen LogP contribution in [0.4, 0.5) is 10.6 Å². The van der Waals surface area contributed by atoms with Gasteiger partial charge in [-0.25, -0.2) is 9.78 Å². The minimum Gasteiger partial charge on any atom is -0.455 e. The van der Waals surface area contributed by atoms with E-state index >= 15 is 0 Å². The first-order chi connectivity index (χ1) is 14.5. The largest absolute Gasteiger partial charge is 0.455 e. The molecule has 8 heteroatoms. The Kier molecular flexibility index (Phi) is 5.38. The predicted molar refractivity (Wildman–Crippen MR) is 111 cm³/mol. The summed E-state index contributed by atoms with van der Waals surface area (Å²) in [6, 6.07) is 10.4. The van der Waals surface area contributed by atoms with Gasteiger partial charge in [0.1, 0.15) is 17.3 Å². The molecule has 0 aliphatic carbocycles. The Labute approximate surface area is 173 Å². The van der Waals surface area contributed by atoms with Crippen molar-refractivity contribution in [3.05, 3.63) is 60.2 Å². The highest BCUT2D eigenvalue weighted by atomic mass is 16.5. The molecule has 4 rings (SSSR count). The average Bonchev–Trinajstić information content (AvgIpc) is 3.16. The summed E-state index contributed by atoms with van der Waals surface area (Å²) in [6.45, 7) is 4.16. The fourth-order valence-electron chi connectivity index (χ4n) is 3.23. The highest BCUT2D eigenvalue weighted by Gasteiger charge is 2.26. The van der Waals surface area contributed by atoms with Crippen molar-refractivity contribution in [3.63, 3.8) is 0 Å². The first kappa shape index (κ1) is 19.5. The third-order valence-electron chi connectivity index (χ3n) is 4.74. The number of nitrogens with zero attached hydrogens (tertiary/aromatic N) is 4. The molecule has 0 atom stereocenters. The Morgan fingerprint density at radius 1 is 1.10 bits per heavy atom. The third kappa shape index (κ3) is 4.27. The summed E-state index contributed by atoms with van der Waals surface area (Å²) in [4.78, 5) is 38.1. The topological polar surface area (TPSA) is 97.3 Å². The number of rotatable bonds is 4. The third-order valence-corrected chi connectivity index (χ3v) is 4.74. The Balaban J connectivity index is 1.48. The lowest BCUT2D eigenvalue weighted by Crippen LogP contribution is -2.35. The summed E-state index contributed by atoms with van der Waals surface area (Å²) in [7, 11) is 0. The molecular weight excluding hydrogens is 382 g/mol. The van der Waals surface area contributed by atoms with E-state index in [0.29, 0.717) is 42.4 Å². The number of ether oxygens (including phenoxy) is 1. The second kappa shape index (κ2) is 8.28. The van der Waals surface area contributed by atoms with Crippen LogP contribution in [0, 0.1) is 13.8 Å². The lowest BCUT2D eigenvalue weighted by Gasteiger charge is -2.15. The van der Waals surface area contributed by atoms with E-state index in [1.807, 2.05) is 25.1 Å². The van der Waals surface area contributed by atoms with E-state index < -0.39 is 6.03 Å². The van der Waals surface area contributed by atoms with Gasteiger partial charge < -0.3 is 4.74 Å². The van der Waals surface area contributed by atoms with Gasteiger partial charge in [-0.2, -0.15) is 0 Å². The molecule has 8 nitrogen and oxygen atoms in total. The summed E-state index contributed by atoms with van der Waals surface area (Å²) in [5.41, 5.74) is 3.26. The van der Waals surface area contributed by atoms with Crippen LogP contribution in [0.15, 0.2) is 48.8 Å². The molecule has 4 heterocycles. The van der Waals surface area contributed by atoms with Crippen LogP contribution in [0.2, 0.25) is 0 Å². The average molecular weight is 403 g/mol. The van der Waals surface area contributed by atoms with E-state index in [1.165, 1.54) is 4.90 Å². The van der Waals surface area contributed by atoms with Gasteiger partial charge in [-0.05, 0) is 50.6 Å². The minimum absolute atomic E-state index is 0.165. The summed E-state index contributed by atoms with van der Waals surface area (Å²) >= 11 is 0. The zero-order valence-electron chi connectivity index (χ0n) is 16.8. The number of anilines is 1. The second-order valence-corrected chi connectivity index (χ2v) is 7.02. The highest BCUT2D eigenvalue weighted by molar-refractivity contribution is 6.01. The van der Waals surface area contributed by atoms with Crippen LogP contribution in [0.3, 0.4) is 0 Å². The second-order valence-electron chi connectivity index (χ2n) is 7.02. The molecule has 152 valence electrons. The number of imide groups is 1. The Morgan fingerprint density at radius 3 is 2.67 bits per heavy atom. The van der Waals surface area contributed by atoms with Gasteiger partial charge >= 0.3 is 6.03 Å². The van der Waals surface area contributed by atoms with E-state index in [2.05, 4.69) is 20.3 Å². The van der Waals surface area contributed by atoms with Gasteiger partial charge in [0.05, 0.1) is 11.4 Å². The fraction of sp³-hybridized carbons (Fsp3) is 0.227. The molecule has 0 aromatic carbocycles. The van der Waals surface area contributed by atoms with Crippen LogP contribution in [0.1, 0.15) is 24.2 Å². The summed E-state index contributed by atoms with van der Waals surface area (Å²) in [5.74, 6) is 1.39. The maximum atomic E-state index is 12.2. The van der Waals surface area contributed by atoms with Crippen LogP contribution < -0.4 is 10.1 Å². The van der Waals surface area contributed by atoms with Gasteiger partial charge in [0, 0.05) is 42.7 Å². The number of carbonyl (C=O) groups is 2. The van der Waals surface area contributed by atoms with Gasteiger partial charge in [0.15, 0.2) is 0 Å². The number of hydrogen-bond donors (Lipinski definition) is 1. The van der Waals surface area contributed by atoms with E-state index in [-0.39, 0.29) is 5.91 Å². The fourth-order valence-corrected chi connectivity index (χ4v) is 3.23. The number of nitrogens with one attached hydrogen (secondary N) is 1. The first-order valence-electron chi connectivity index (χ1n) is 9.65. The Bertz CT molecular complexity index is 1120. The quantitative estimate of drug-likeness (QED) is 0.704. The van der Waals surface area contributed by atoms with Crippen molar-refractivity contribution in [2.45, 2.75) is 26.7 Å². The van der Waals surface area contributed by atoms with E-state index in [4.69, 9.17) is 4.74 Å². The minimum atomic E-state index is -0.454. The monoisotopic (exact) mass is 403 g/mol. The zero-order chi connectivity index (χ0) is 21.1. The molecule has 0 bridgehead atoms. The lowest BCUT2D eigenvalue weighted by atomic mass is 10.1. The van der Waals surface area contributed by atoms with Crippen molar-refractivity contribution in [2.75, 3.05) is 11.9 Å². The number of likely N-dealkylation sites (tertiary alicyclic amines) is 1. The van der Waals surface area contributed by atoms with Crippen molar-refractivity contribution in [1.29, 1.82) is 0 Å². The SMILES string of the molecule is Cc1cc(-c2cc(Oc3ccc(NC(=O)N4CCCC4=O)nc3C)ccn2)ccn1. The van der Waals surface area contributed by atoms with Crippen LogP contribution in [0.5, 0.6) is 11.5 Å².